The molecule has 1 aliphatic heterocycles. The molecule has 8 nitrogen and oxygen atoms in total. The fourth-order valence-electron chi connectivity index (χ4n) is 3.87. The summed E-state index contributed by atoms with van der Waals surface area (Å²) in [6.07, 6.45) is 3.48. The van der Waals surface area contributed by atoms with Gasteiger partial charge in [-0.3, -0.25) is 4.99 Å². The highest BCUT2D eigenvalue weighted by Crippen LogP contribution is 2.47. The lowest BCUT2D eigenvalue weighted by Crippen LogP contribution is -2.54. The van der Waals surface area contributed by atoms with Gasteiger partial charge in [-0.1, -0.05) is 17.3 Å². The Morgan fingerprint density at radius 1 is 1.20 bits per heavy atom. The van der Waals surface area contributed by atoms with Crippen LogP contribution >= 0.6 is 0 Å². The van der Waals surface area contributed by atoms with E-state index in [4.69, 9.17) is 4.52 Å². The molecule has 1 aliphatic carbocycles. The minimum atomic E-state index is -3.43. The van der Waals surface area contributed by atoms with Crippen LogP contribution in [0.2, 0.25) is 0 Å². The van der Waals surface area contributed by atoms with E-state index in [2.05, 4.69) is 20.4 Å². The smallest absolute Gasteiger partial charge is 0.220 e. The molecule has 30 heavy (non-hydrogen) atoms. The van der Waals surface area contributed by atoms with Crippen LogP contribution in [-0.4, -0.2) is 68.5 Å². The number of halogens is 1. The molecular formula is C20H26FN5O3S. The average Bonchev–Trinajstić information content (AvgIpc) is 3.36. The molecule has 2 heterocycles. The van der Waals surface area contributed by atoms with E-state index in [1.807, 2.05) is 12.1 Å². The number of hydrogen-bond donors (Lipinski definition) is 1. The van der Waals surface area contributed by atoms with E-state index in [0.717, 1.165) is 30.9 Å². The van der Waals surface area contributed by atoms with Gasteiger partial charge < -0.3 is 14.7 Å². The van der Waals surface area contributed by atoms with Crippen molar-refractivity contribution in [2.24, 2.45) is 4.99 Å². The van der Waals surface area contributed by atoms with E-state index < -0.39 is 10.0 Å². The first kappa shape index (κ1) is 20.8. The topological polar surface area (TPSA) is 91.0 Å². The number of piperazine rings is 1. The Balaban J connectivity index is 1.32. The van der Waals surface area contributed by atoms with Crippen molar-refractivity contribution >= 4 is 16.0 Å². The Morgan fingerprint density at radius 3 is 2.47 bits per heavy atom. The number of guanidine groups is 1. The quantitative estimate of drug-likeness (QED) is 0.547. The Bertz CT molecular complexity index is 980. The number of aromatic nitrogens is 1. The third kappa shape index (κ3) is 4.49. The lowest BCUT2D eigenvalue weighted by atomic mass is 9.96. The highest BCUT2D eigenvalue weighted by molar-refractivity contribution is 7.88. The average molecular weight is 436 g/mol. The molecule has 162 valence electrons. The first-order chi connectivity index (χ1) is 14.4. The van der Waals surface area contributed by atoms with E-state index in [9.17, 15) is 12.8 Å². The van der Waals surface area contributed by atoms with Crippen LogP contribution in [0.25, 0.3) is 0 Å². The van der Waals surface area contributed by atoms with E-state index >= 15 is 0 Å². The number of nitrogens with one attached hydrogen (secondary N) is 1. The van der Waals surface area contributed by atoms with Crippen LogP contribution in [-0.2, 0) is 21.2 Å². The third-order valence-corrected chi connectivity index (χ3v) is 7.67. The van der Waals surface area contributed by atoms with Crippen LogP contribution < -0.4 is 5.32 Å². The summed E-state index contributed by atoms with van der Waals surface area (Å²) in [6.45, 7) is 2.62. The van der Waals surface area contributed by atoms with E-state index in [-0.39, 0.29) is 17.0 Å². The lowest BCUT2D eigenvalue weighted by molar-refractivity contribution is 0.259. The zero-order valence-electron chi connectivity index (χ0n) is 16.9. The number of benzene rings is 1. The number of aliphatic imine (C=N–C) groups is 1. The van der Waals surface area contributed by atoms with Crippen molar-refractivity contribution in [3.8, 4) is 0 Å². The maximum Gasteiger partial charge on any atom is 0.220 e. The minimum absolute atomic E-state index is 0.0202. The molecule has 1 aromatic heterocycles. The van der Waals surface area contributed by atoms with Crippen LogP contribution in [0.15, 0.2) is 46.1 Å². The summed E-state index contributed by atoms with van der Waals surface area (Å²) in [5, 5.41) is 7.13. The van der Waals surface area contributed by atoms with E-state index in [0.29, 0.717) is 31.9 Å². The van der Waals surface area contributed by atoms with Gasteiger partial charge in [0.25, 0.3) is 0 Å². The highest BCUT2D eigenvalue weighted by Gasteiger charge is 2.44. The largest absolute Gasteiger partial charge is 0.364 e. The third-order valence-electron chi connectivity index (χ3n) is 5.86. The molecule has 10 heteroatoms. The van der Waals surface area contributed by atoms with Crippen molar-refractivity contribution in [2.45, 2.75) is 24.0 Å². The van der Waals surface area contributed by atoms with Crippen LogP contribution in [0.5, 0.6) is 0 Å². The molecular weight excluding hydrogens is 409 g/mol. The van der Waals surface area contributed by atoms with Gasteiger partial charge in [-0.2, -0.15) is 4.31 Å². The zero-order valence-corrected chi connectivity index (χ0v) is 17.7. The molecule has 1 saturated carbocycles. The van der Waals surface area contributed by atoms with Crippen LogP contribution in [0.1, 0.15) is 24.1 Å². The Morgan fingerprint density at radius 2 is 1.90 bits per heavy atom. The van der Waals surface area contributed by atoms with Crippen molar-refractivity contribution in [3.05, 3.63) is 53.7 Å². The molecule has 4 rings (SSSR count). The Kier molecular flexibility index (Phi) is 5.79. The molecule has 0 unspecified atom stereocenters. The lowest BCUT2D eigenvalue weighted by Gasteiger charge is -2.36. The van der Waals surface area contributed by atoms with Crippen LogP contribution in [0.3, 0.4) is 0 Å². The second-order valence-corrected chi connectivity index (χ2v) is 9.79. The molecule has 1 aromatic carbocycles. The molecule has 2 aliphatic rings. The van der Waals surface area contributed by atoms with Gasteiger partial charge in [-0.05, 0) is 30.5 Å². The second kappa shape index (κ2) is 8.35. The van der Waals surface area contributed by atoms with Gasteiger partial charge in [0.1, 0.15) is 17.8 Å². The molecule has 2 fully saturated rings. The number of nitrogens with zero attached hydrogens (tertiary/aromatic N) is 4. The fourth-order valence-corrected chi connectivity index (χ4v) is 5.30. The van der Waals surface area contributed by atoms with Gasteiger partial charge in [-0.25, -0.2) is 12.8 Å². The molecule has 0 atom stereocenters. The summed E-state index contributed by atoms with van der Waals surface area (Å²) >= 11 is 0. The van der Waals surface area contributed by atoms with Gasteiger partial charge in [0.05, 0.1) is 5.69 Å². The molecule has 0 radical (unpaired) electrons. The Labute approximate surface area is 175 Å². The van der Waals surface area contributed by atoms with Crippen molar-refractivity contribution in [1.82, 2.24) is 19.7 Å². The van der Waals surface area contributed by atoms with Gasteiger partial charge in [0.15, 0.2) is 5.96 Å². The summed E-state index contributed by atoms with van der Waals surface area (Å²) < 4.78 is 44.6. The predicted octanol–water partition coefficient (Wildman–Crippen LogP) is 1.57. The number of rotatable bonds is 6. The summed E-state index contributed by atoms with van der Waals surface area (Å²) in [5.41, 5.74) is 1.56. The monoisotopic (exact) mass is 435 g/mol. The van der Waals surface area contributed by atoms with Crippen LogP contribution in [0, 0.1) is 5.82 Å². The normalized spacial score (nSPS) is 19.7. The highest BCUT2D eigenvalue weighted by atomic mass is 32.2. The fraction of sp³-hybridized carbons (Fsp3) is 0.500. The van der Waals surface area contributed by atoms with Gasteiger partial charge in [-0.15, -0.1) is 0 Å². The first-order valence-electron chi connectivity index (χ1n) is 10.0. The molecule has 0 bridgehead atoms. The maximum absolute atomic E-state index is 13.2. The number of sulfonamides is 1. The van der Waals surface area contributed by atoms with E-state index in [1.165, 1.54) is 22.7 Å². The van der Waals surface area contributed by atoms with Crippen molar-refractivity contribution in [3.63, 3.8) is 0 Å². The van der Waals surface area contributed by atoms with E-state index in [1.54, 1.807) is 13.1 Å². The second-order valence-electron chi connectivity index (χ2n) is 7.82. The summed E-state index contributed by atoms with van der Waals surface area (Å²) in [6, 6.07) is 8.27. The molecule has 2 aromatic rings. The van der Waals surface area contributed by atoms with Crippen molar-refractivity contribution in [1.29, 1.82) is 0 Å². The minimum Gasteiger partial charge on any atom is -0.364 e. The predicted molar refractivity (Wildman–Crippen MR) is 111 cm³/mol. The maximum atomic E-state index is 13.2. The van der Waals surface area contributed by atoms with Gasteiger partial charge >= 0.3 is 0 Å². The Hall–Kier alpha value is -2.46. The van der Waals surface area contributed by atoms with Gasteiger partial charge in [0.2, 0.25) is 10.0 Å². The molecule has 1 saturated heterocycles. The SMILES string of the molecule is CN=C(NCC1(c2ccc(F)cc2)CC1)N1CCN(S(=O)(=O)Cc2ccon2)CC1. The zero-order chi connectivity index (χ0) is 21.2. The summed E-state index contributed by atoms with van der Waals surface area (Å²) in [4.78, 5) is 6.45. The first-order valence-corrected chi connectivity index (χ1v) is 11.6. The van der Waals surface area contributed by atoms with Gasteiger partial charge in [0, 0.05) is 51.3 Å². The molecule has 0 amide bonds. The molecule has 0 spiro atoms. The standard InChI is InChI=1S/C20H26FN5O3S/c1-22-19(23-15-20(7-8-20)16-2-4-17(21)5-3-16)25-9-11-26(12-10-25)30(27,28)14-18-6-13-29-24-18/h2-6,13H,7-12,14-15H2,1H3,(H,22,23). The summed E-state index contributed by atoms with van der Waals surface area (Å²) in [5.74, 6) is 0.378. The van der Waals surface area contributed by atoms with Crippen molar-refractivity contribution < 1.29 is 17.3 Å². The summed E-state index contributed by atoms with van der Waals surface area (Å²) in [7, 11) is -1.70. The van der Waals surface area contributed by atoms with Crippen molar-refractivity contribution in [2.75, 3.05) is 39.8 Å². The van der Waals surface area contributed by atoms with Crippen LogP contribution in [0.4, 0.5) is 4.39 Å². The number of hydrogen-bond acceptors (Lipinski definition) is 5. The molecule has 1 N–H and O–H groups in total.